The van der Waals surface area contributed by atoms with Crippen LogP contribution in [0.3, 0.4) is 0 Å². The molecule has 0 bridgehead atoms. The van der Waals surface area contributed by atoms with Crippen LogP contribution in [0.15, 0.2) is 30.5 Å². The minimum absolute atomic E-state index is 0.0928. The summed E-state index contributed by atoms with van der Waals surface area (Å²) in [4.78, 5) is 4.51. The van der Waals surface area contributed by atoms with Gasteiger partial charge < -0.3 is 10.5 Å². The normalized spacial score (nSPS) is 12.2. The summed E-state index contributed by atoms with van der Waals surface area (Å²) >= 11 is 0. The van der Waals surface area contributed by atoms with Gasteiger partial charge in [0.05, 0.1) is 13.2 Å². The molecule has 0 fully saturated rings. The molecule has 0 spiro atoms. The molecule has 0 aliphatic carbocycles. The van der Waals surface area contributed by atoms with Crippen LogP contribution in [0.1, 0.15) is 28.4 Å². The third-order valence-corrected chi connectivity index (χ3v) is 3.72. The van der Waals surface area contributed by atoms with Gasteiger partial charge in [-0.3, -0.25) is 16.3 Å². The zero-order chi connectivity index (χ0) is 15.4. The number of ether oxygens (including phenoxy) is 1. The van der Waals surface area contributed by atoms with Gasteiger partial charge in [-0.05, 0) is 25.5 Å². The Bertz CT molecular complexity index is 628. The fraction of sp³-hybridized carbons (Fsp3) is 0.312. The Balaban J connectivity index is 2.34. The van der Waals surface area contributed by atoms with Gasteiger partial charge >= 0.3 is 0 Å². The van der Waals surface area contributed by atoms with E-state index in [4.69, 9.17) is 16.3 Å². The van der Waals surface area contributed by atoms with Crippen molar-refractivity contribution in [2.45, 2.75) is 26.3 Å². The molecule has 1 aromatic heterocycles. The maximum Gasteiger partial charge on any atom is 0.128 e. The van der Waals surface area contributed by atoms with Crippen molar-refractivity contribution in [1.29, 1.82) is 0 Å². The van der Waals surface area contributed by atoms with Gasteiger partial charge in [0.2, 0.25) is 0 Å². The first-order valence-electron chi connectivity index (χ1n) is 6.88. The van der Waals surface area contributed by atoms with E-state index >= 15 is 0 Å². The van der Waals surface area contributed by atoms with Crippen LogP contribution < -0.4 is 21.7 Å². The van der Waals surface area contributed by atoms with Gasteiger partial charge in [-0.2, -0.15) is 0 Å². The van der Waals surface area contributed by atoms with Crippen LogP contribution in [0.25, 0.3) is 0 Å². The average Bonchev–Trinajstić information content (AvgIpc) is 2.48. The first-order chi connectivity index (χ1) is 10.1. The molecule has 5 nitrogen and oxygen atoms in total. The second-order valence-corrected chi connectivity index (χ2v) is 5.10. The van der Waals surface area contributed by atoms with Gasteiger partial charge in [-0.1, -0.05) is 18.2 Å². The van der Waals surface area contributed by atoms with Crippen molar-refractivity contribution in [2.24, 2.45) is 5.84 Å². The van der Waals surface area contributed by atoms with Crippen LogP contribution in [-0.4, -0.2) is 12.1 Å². The Morgan fingerprint density at radius 1 is 1.29 bits per heavy atom. The highest BCUT2D eigenvalue weighted by molar-refractivity contribution is 5.49. The SMILES string of the molecule is COc1c(C)cnc(CC(NN)c2ccccc2N)c1C. The fourth-order valence-corrected chi connectivity index (χ4v) is 2.56. The number of nitrogens with one attached hydrogen (secondary N) is 1. The van der Waals surface area contributed by atoms with Crippen molar-refractivity contribution in [3.63, 3.8) is 0 Å². The number of nitrogens with two attached hydrogens (primary N) is 2. The number of pyridine rings is 1. The summed E-state index contributed by atoms with van der Waals surface area (Å²) in [6.45, 7) is 3.99. The number of aromatic nitrogens is 1. The number of hydrogen-bond acceptors (Lipinski definition) is 5. The van der Waals surface area contributed by atoms with E-state index in [1.54, 1.807) is 7.11 Å². The highest BCUT2D eigenvalue weighted by Gasteiger charge is 2.17. The second-order valence-electron chi connectivity index (χ2n) is 5.10. The molecule has 0 aliphatic heterocycles. The monoisotopic (exact) mass is 286 g/mol. The third kappa shape index (κ3) is 3.15. The van der Waals surface area contributed by atoms with Gasteiger partial charge in [0.15, 0.2) is 0 Å². The molecule has 1 heterocycles. The van der Waals surface area contributed by atoms with Crippen molar-refractivity contribution in [2.75, 3.05) is 12.8 Å². The molecule has 0 aliphatic rings. The number of nitrogens with zero attached hydrogens (tertiary/aromatic N) is 1. The van der Waals surface area contributed by atoms with E-state index in [1.165, 1.54) is 0 Å². The highest BCUT2D eigenvalue weighted by Crippen LogP contribution is 2.28. The molecule has 1 aromatic carbocycles. The molecule has 5 heteroatoms. The third-order valence-electron chi connectivity index (χ3n) is 3.72. The van der Waals surface area contributed by atoms with E-state index in [0.717, 1.165) is 33.8 Å². The van der Waals surface area contributed by atoms with E-state index in [2.05, 4.69) is 10.4 Å². The number of rotatable bonds is 5. The summed E-state index contributed by atoms with van der Waals surface area (Å²) in [5, 5.41) is 0. The van der Waals surface area contributed by atoms with E-state index in [1.807, 2.05) is 44.3 Å². The molecule has 0 radical (unpaired) electrons. The average molecular weight is 286 g/mol. The van der Waals surface area contributed by atoms with Crippen molar-refractivity contribution in [3.05, 3.63) is 52.8 Å². The molecule has 5 N–H and O–H groups in total. The number of anilines is 1. The zero-order valence-corrected chi connectivity index (χ0v) is 12.7. The molecule has 112 valence electrons. The number of para-hydroxylation sites is 1. The van der Waals surface area contributed by atoms with Crippen LogP contribution in [-0.2, 0) is 6.42 Å². The maximum atomic E-state index is 6.03. The molecule has 1 atom stereocenters. The minimum Gasteiger partial charge on any atom is -0.496 e. The number of hydrazine groups is 1. The Hall–Kier alpha value is -2.11. The lowest BCUT2D eigenvalue weighted by atomic mass is 9.98. The summed E-state index contributed by atoms with van der Waals surface area (Å²) in [7, 11) is 1.67. The Morgan fingerprint density at radius 2 is 2.00 bits per heavy atom. The lowest BCUT2D eigenvalue weighted by molar-refractivity contribution is 0.406. The van der Waals surface area contributed by atoms with Gasteiger partial charge in [0.1, 0.15) is 5.75 Å². The van der Waals surface area contributed by atoms with Gasteiger partial charge in [0, 0.05) is 35.1 Å². The van der Waals surface area contributed by atoms with Gasteiger partial charge in [-0.25, -0.2) is 0 Å². The minimum atomic E-state index is -0.0928. The standard InChI is InChI=1S/C16H22N4O/c1-10-9-19-14(11(2)16(10)21-3)8-15(20-18)12-6-4-5-7-13(12)17/h4-7,9,15,20H,8,17-18H2,1-3H3. The number of aryl methyl sites for hydroxylation is 1. The van der Waals surface area contributed by atoms with Crippen molar-refractivity contribution in [3.8, 4) is 5.75 Å². The molecule has 0 saturated carbocycles. The second kappa shape index (κ2) is 6.56. The van der Waals surface area contributed by atoms with Crippen molar-refractivity contribution in [1.82, 2.24) is 10.4 Å². The summed E-state index contributed by atoms with van der Waals surface area (Å²) in [5.74, 6) is 6.58. The topological polar surface area (TPSA) is 86.2 Å². The summed E-state index contributed by atoms with van der Waals surface area (Å²) < 4.78 is 5.44. The Morgan fingerprint density at radius 3 is 2.62 bits per heavy atom. The Labute approximate surface area is 125 Å². The van der Waals surface area contributed by atoms with Crippen LogP contribution in [0.2, 0.25) is 0 Å². The molecule has 0 amide bonds. The lowest BCUT2D eigenvalue weighted by Gasteiger charge is -2.20. The lowest BCUT2D eigenvalue weighted by Crippen LogP contribution is -2.30. The number of methoxy groups -OCH3 is 1. The zero-order valence-electron chi connectivity index (χ0n) is 12.7. The van der Waals surface area contributed by atoms with Crippen LogP contribution >= 0.6 is 0 Å². The van der Waals surface area contributed by atoms with Crippen molar-refractivity contribution >= 4 is 5.69 Å². The first kappa shape index (κ1) is 15.3. The van der Waals surface area contributed by atoms with Crippen LogP contribution in [0.4, 0.5) is 5.69 Å². The van der Waals surface area contributed by atoms with E-state index in [0.29, 0.717) is 6.42 Å². The fourth-order valence-electron chi connectivity index (χ4n) is 2.56. The molecule has 21 heavy (non-hydrogen) atoms. The first-order valence-corrected chi connectivity index (χ1v) is 6.88. The largest absolute Gasteiger partial charge is 0.496 e. The molecule has 2 rings (SSSR count). The van der Waals surface area contributed by atoms with Crippen LogP contribution in [0.5, 0.6) is 5.75 Å². The molecule has 1 unspecified atom stereocenters. The summed E-state index contributed by atoms with van der Waals surface area (Å²) in [6, 6.07) is 7.61. The van der Waals surface area contributed by atoms with E-state index in [-0.39, 0.29) is 6.04 Å². The number of hydrogen-bond donors (Lipinski definition) is 3. The van der Waals surface area contributed by atoms with Gasteiger partial charge in [-0.15, -0.1) is 0 Å². The molecule has 0 saturated heterocycles. The summed E-state index contributed by atoms with van der Waals surface area (Å²) in [5.41, 5.74) is 13.6. The molecular formula is C16H22N4O. The summed E-state index contributed by atoms with van der Waals surface area (Å²) in [6.07, 6.45) is 2.47. The highest BCUT2D eigenvalue weighted by atomic mass is 16.5. The van der Waals surface area contributed by atoms with Gasteiger partial charge in [0.25, 0.3) is 0 Å². The molecular weight excluding hydrogens is 264 g/mol. The van der Waals surface area contributed by atoms with Crippen molar-refractivity contribution < 1.29 is 4.74 Å². The predicted octanol–water partition coefficient (Wildman–Crippen LogP) is 2.04. The van der Waals surface area contributed by atoms with E-state index in [9.17, 15) is 0 Å². The van der Waals surface area contributed by atoms with E-state index < -0.39 is 0 Å². The Kier molecular flexibility index (Phi) is 4.77. The van der Waals surface area contributed by atoms with Crippen LogP contribution in [0, 0.1) is 13.8 Å². The predicted molar refractivity (Wildman–Crippen MR) is 84.9 cm³/mol. The number of benzene rings is 1. The smallest absolute Gasteiger partial charge is 0.128 e. The maximum absolute atomic E-state index is 6.03. The molecule has 2 aromatic rings. The number of nitrogen functional groups attached to an aromatic ring is 1. The quantitative estimate of drug-likeness (QED) is 0.445.